The Labute approximate surface area is 256 Å². The number of carbonyl (C=O) groups excluding carboxylic acids is 1. The topological polar surface area (TPSA) is 63.8 Å². The Morgan fingerprint density at radius 2 is 1.58 bits per heavy atom. The van der Waals surface area contributed by atoms with Crippen LogP contribution in [0.5, 0.6) is 0 Å². The van der Waals surface area contributed by atoms with Crippen molar-refractivity contribution in [3.8, 4) is 0 Å². The fourth-order valence-corrected chi connectivity index (χ4v) is 6.47. The molecule has 0 atom stereocenters. The molecule has 43 heavy (non-hydrogen) atoms. The van der Waals surface area contributed by atoms with Crippen LogP contribution in [0, 0.1) is 6.92 Å². The van der Waals surface area contributed by atoms with E-state index >= 15 is 0 Å². The summed E-state index contributed by atoms with van der Waals surface area (Å²) in [5.74, 6) is -0.104. The third kappa shape index (κ3) is 5.14. The van der Waals surface area contributed by atoms with Crippen LogP contribution in [-0.2, 0) is 22.2 Å². The number of aliphatic hydroxyl groups is 2. The first kappa shape index (κ1) is 30.5. The number of ketones is 1. The minimum absolute atomic E-state index is 0.0366. The quantitative estimate of drug-likeness (QED) is 0.200. The van der Waals surface area contributed by atoms with Crippen LogP contribution >= 0.6 is 0 Å². The van der Waals surface area contributed by atoms with Crippen molar-refractivity contribution >= 4 is 22.9 Å². The largest absolute Gasteiger partial charge is 0.506 e. The number of fused-ring (bicyclic) bond motifs is 2. The standard InChI is InChI=1S/C38H44N2O3/c1-23(2)14-16-39-31-18-25(5)10-12-29(31)37(6,7)33(39)20-27-35(42)28(36(27)43)21-34-38(8,9)30-13-11-26(22-41)19-32(30)40(34)17-15-24(3)4/h10-15,18-21,41H,16-17,22H2,1-9H3/p+1. The summed E-state index contributed by atoms with van der Waals surface area (Å²) in [5, 5.41) is 21.2. The van der Waals surface area contributed by atoms with Gasteiger partial charge in [0.1, 0.15) is 5.76 Å². The molecule has 0 spiro atoms. The van der Waals surface area contributed by atoms with E-state index in [1.54, 1.807) is 0 Å². The maximum absolute atomic E-state index is 13.8. The molecule has 0 radical (unpaired) electrons. The van der Waals surface area contributed by atoms with E-state index in [0.29, 0.717) is 24.2 Å². The first-order valence-electron chi connectivity index (χ1n) is 15.1. The average molecular weight is 578 g/mol. The van der Waals surface area contributed by atoms with Crippen LogP contribution in [0.15, 0.2) is 94.5 Å². The Bertz CT molecular complexity index is 1710. The van der Waals surface area contributed by atoms with Crippen molar-refractivity contribution in [2.24, 2.45) is 0 Å². The molecule has 0 saturated carbocycles. The van der Waals surface area contributed by atoms with E-state index in [2.05, 4.69) is 108 Å². The van der Waals surface area contributed by atoms with Crippen LogP contribution in [-0.4, -0.2) is 39.4 Å². The van der Waals surface area contributed by atoms with Crippen molar-refractivity contribution < 1.29 is 19.6 Å². The number of nitrogens with zero attached hydrogens (tertiary/aromatic N) is 2. The van der Waals surface area contributed by atoms with E-state index in [4.69, 9.17) is 0 Å². The molecule has 2 heterocycles. The number of hydrogen-bond acceptors (Lipinski definition) is 4. The molecule has 5 rings (SSSR count). The Balaban J connectivity index is 1.62. The van der Waals surface area contributed by atoms with Crippen molar-refractivity contribution in [1.29, 1.82) is 0 Å². The second-order valence-corrected chi connectivity index (χ2v) is 13.6. The van der Waals surface area contributed by atoms with Gasteiger partial charge in [-0.2, -0.15) is 4.58 Å². The molecule has 2 aromatic rings. The fraction of sp³-hybridized carbons (Fsp3) is 0.368. The van der Waals surface area contributed by atoms with Gasteiger partial charge in [0.05, 0.1) is 23.2 Å². The number of aryl methyl sites for hydroxylation is 1. The molecule has 2 N–H and O–H groups in total. The molecule has 2 aliphatic heterocycles. The van der Waals surface area contributed by atoms with E-state index in [1.807, 2.05) is 24.3 Å². The van der Waals surface area contributed by atoms with E-state index < -0.39 is 5.41 Å². The zero-order valence-electron chi connectivity index (χ0n) is 27.1. The van der Waals surface area contributed by atoms with E-state index in [9.17, 15) is 15.0 Å². The highest BCUT2D eigenvalue weighted by Crippen LogP contribution is 2.49. The minimum Gasteiger partial charge on any atom is -0.506 e. The highest BCUT2D eigenvalue weighted by molar-refractivity contribution is 6.24. The summed E-state index contributed by atoms with van der Waals surface area (Å²) in [7, 11) is 0. The molecule has 0 unspecified atom stereocenters. The lowest BCUT2D eigenvalue weighted by atomic mass is 9.77. The van der Waals surface area contributed by atoms with E-state index in [0.717, 1.165) is 33.9 Å². The summed E-state index contributed by atoms with van der Waals surface area (Å²) in [6, 6.07) is 12.6. The molecule has 0 fully saturated rings. The molecule has 0 aromatic heterocycles. The zero-order valence-corrected chi connectivity index (χ0v) is 27.1. The van der Waals surface area contributed by atoms with Gasteiger partial charge < -0.3 is 15.1 Å². The number of allylic oxidation sites excluding steroid dienone is 7. The van der Waals surface area contributed by atoms with Crippen LogP contribution in [0.2, 0.25) is 0 Å². The summed E-state index contributed by atoms with van der Waals surface area (Å²) in [5.41, 5.74) is 10.9. The first-order chi connectivity index (χ1) is 20.2. The summed E-state index contributed by atoms with van der Waals surface area (Å²) in [6.45, 7) is 20.4. The van der Waals surface area contributed by atoms with E-state index in [1.165, 1.54) is 22.3 Å². The van der Waals surface area contributed by atoms with Crippen molar-refractivity contribution in [3.63, 3.8) is 0 Å². The number of benzene rings is 2. The molecule has 224 valence electrons. The lowest BCUT2D eigenvalue weighted by Crippen LogP contribution is -2.32. The second kappa shape index (κ2) is 10.9. The molecule has 0 amide bonds. The van der Waals surface area contributed by atoms with Gasteiger partial charge in [-0.25, -0.2) is 0 Å². The molecule has 5 nitrogen and oxygen atoms in total. The number of anilines is 1. The number of rotatable bonds is 7. The summed E-state index contributed by atoms with van der Waals surface area (Å²) in [6.07, 6.45) is 8.13. The van der Waals surface area contributed by atoms with Crippen LogP contribution in [0.1, 0.15) is 77.6 Å². The third-order valence-corrected chi connectivity index (χ3v) is 9.11. The van der Waals surface area contributed by atoms with Gasteiger partial charge in [-0.05, 0) is 83.4 Å². The number of Topliss-reactive ketones (excluding diaryl/α,β-unsaturated/α-hetero) is 1. The second-order valence-electron chi connectivity index (χ2n) is 13.6. The van der Waals surface area contributed by atoms with Crippen molar-refractivity contribution in [2.45, 2.75) is 79.8 Å². The Kier molecular flexibility index (Phi) is 7.77. The Morgan fingerprint density at radius 1 is 0.907 bits per heavy atom. The third-order valence-electron chi connectivity index (χ3n) is 9.11. The fourth-order valence-electron chi connectivity index (χ4n) is 6.47. The molecular weight excluding hydrogens is 532 g/mol. The van der Waals surface area contributed by atoms with E-state index in [-0.39, 0.29) is 23.6 Å². The van der Waals surface area contributed by atoms with Gasteiger partial charge in [-0.1, -0.05) is 55.3 Å². The zero-order chi connectivity index (χ0) is 31.4. The molecular formula is C38H45N2O3+. The lowest BCUT2D eigenvalue weighted by molar-refractivity contribution is -0.425. The molecule has 1 aliphatic carbocycles. The maximum atomic E-state index is 13.8. The monoisotopic (exact) mass is 577 g/mol. The van der Waals surface area contributed by atoms with Gasteiger partial charge >= 0.3 is 0 Å². The molecule has 0 bridgehead atoms. The van der Waals surface area contributed by atoms with Crippen LogP contribution in [0.4, 0.5) is 11.4 Å². The van der Waals surface area contributed by atoms with Crippen molar-refractivity contribution in [3.05, 3.63) is 117 Å². The van der Waals surface area contributed by atoms with Crippen LogP contribution in [0.25, 0.3) is 0 Å². The highest BCUT2D eigenvalue weighted by atomic mass is 16.3. The molecule has 3 aliphatic rings. The number of carbonyl (C=O) groups is 1. The van der Waals surface area contributed by atoms with Gasteiger partial charge in [-0.15, -0.1) is 0 Å². The molecule has 5 heteroatoms. The van der Waals surface area contributed by atoms with Crippen molar-refractivity contribution in [1.82, 2.24) is 0 Å². The first-order valence-corrected chi connectivity index (χ1v) is 15.1. The Morgan fingerprint density at radius 3 is 2.21 bits per heavy atom. The highest BCUT2D eigenvalue weighted by Gasteiger charge is 2.47. The van der Waals surface area contributed by atoms with Gasteiger partial charge in [0.25, 0.3) is 0 Å². The summed E-state index contributed by atoms with van der Waals surface area (Å²) < 4.78 is 2.20. The Hall–Kier alpha value is -3.96. The minimum atomic E-state index is -0.394. The van der Waals surface area contributed by atoms with Gasteiger partial charge in [0, 0.05) is 41.1 Å². The maximum Gasteiger partial charge on any atom is 0.210 e. The normalized spacial score (nSPS) is 20.0. The van der Waals surface area contributed by atoms with Gasteiger partial charge in [-0.3, -0.25) is 4.79 Å². The van der Waals surface area contributed by atoms with Gasteiger partial charge in [0.2, 0.25) is 11.5 Å². The summed E-state index contributed by atoms with van der Waals surface area (Å²) in [4.78, 5) is 16.1. The predicted molar refractivity (Wildman–Crippen MR) is 176 cm³/mol. The van der Waals surface area contributed by atoms with Crippen molar-refractivity contribution in [2.75, 3.05) is 18.0 Å². The number of hydrogen-bond donors (Lipinski definition) is 2. The SMILES string of the molecule is CC(C)=CCN1C(=CC2=C(O)C(=CC3=[N+](CC=C(C)C)c4cc(CO)ccc4C3(C)C)C2=O)C(C)(C)c2ccc(C)cc21. The number of aliphatic hydroxyl groups excluding tert-OH is 2. The smallest absolute Gasteiger partial charge is 0.210 e. The predicted octanol–water partition coefficient (Wildman–Crippen LogP) is 7.80. The molecule has 0 saturated heterocycles. The van der Waals surface area contributed by atoms with Gasteiger partial charge in [0.15, 0.2) is 12.3 Å². The van der Waals surface area contributed by atoms with Crippen LogP contribution < -0.4 is 4.90 Å². The average Bonchev–Trinajstić information content (AvgIpc) is 3.28. The molecule has 2 aromatic carbocycles. The lowest BCUT2D eigenvalue weighted by Gasteiger charge is -2.29. The summed E-state index contributed by atoms with van der Waals surface area (Å²) >= 11 is 0. The van der Waals surface area contributed by atoms with Crippen LogP contribution in [0.3, 0.4) is 0 Å².